The number of carbonyl (C=O) groups is 2. The van der Waals surface area contributed by atoms with Gasteiger partial charge in [0.1, 0.15) is 11.6 Å². The number of hydrogen-bond acceptors (Lipinski definition) is 3. The van der Waals surface area contributed by atoms with Crippen LogP contribution in [-0.4, -0.2) is 11.7 Å². The predicted octanol–water partition coefficient (Wildman–Crippen LogP) is 5.10. The third-order valence-electron chi connectivity index (χ3n) is 4.93. The smallest absolute Gasteiger partial charge is 0.270 e. The van der Waals surface area contributed by atoms with Crippen LogP contribution in [0, 0.1) is 5.82 Å². The second-order valence-corrected chi connectivity index (χ2v) is 7.00. The maximum absolute atomic E-state index is 13.1. The highest BCUT2D eigenvalue weighted by Crippen LogP contribution is 2.29. The summed E-state index contributed by atoms with van der Waals surface area (Å²) in [6.45, 7) is 0. The Morgan fingerprint density at radius 2 is 1.72 bits per heavy atom. The molecule has 0 aliphatic heterocycles. The van der Waals surface area contributed by atoms with Crippen LogP contribution in [0.15, 0.2) is 72.8 Å². The fourth-order valence-corrected chi connectivity index (χ4v) is 3.47. The van der Waals surface area contributed by atoms with Crippen molar-refractivity contribution >= 4 is 17.4 Å². The minimum absolute atomic E-state index is 0.145. The Morgan fingerprint density at radius 1 is 0.966 bits per heavy atom. The number of carbonyl (C=O) groups excluding carboxylic acids is 2. The molecule has 4 nitrogen and oxygen atoms in total. The van der Waals surface area contributed by atoms with E-state index in [0.717, 1.165) is 24.0 Å². The second-order valence-electron chi connectivity index (χ2n) is 7.00. The van der Waals surface area contributed by atoms with Crippen LogP contribution >= 0.6 is 0 Å². The van der Waals surface area contributed by atoms with Crippen molar-refractivity contribution < 1.29 is 18.7 Å². The SMILES string of the molecule is O=C1CCCc2cc(OC(C(=O)Nc3ccc(F)cc3)c3ccccc3)ccc21. The molecule has 3 aromatic carbocycles. The van der Waals surface area contributed by atoms with Gasteiger partial charge in [-0.2, -0.15) is 0 Å². The van der Waals surface area contributed by atoms with Crippen LogP contribution in [-0.2, 0) is 11.2 Å². The van der Waals surface area contributed by atoms with E-state index in [-0.39, 0.29) is 17.5 Å². The van der Waals surface area contributed by atoms with Gasteiger partial charge in [0, 0.05) is 23.2 Å². The van der Waals surface area contributed by atoms with E-state index in [0.29, 0.717) is 23.4 Å². The molecule has 1 atom stereocenters. The highest BCUT2D eigenvalue weighted by atomic mass is 19.1. The Bertz CT molecular complexity index is 1030. The molecule has 0 radical (unpaired) electrons. The van der Waals surface area contributed by atoms with Gasteiger partial charge in [-0.1, -0.05) is 30.3 Å². The molecule has 5 heteroatoms. The van der Waals surface area contributed by atoms with Crippen molar-refractivity contribution in [3.05, 3.63) is 95.3 Å². The topological polar surface area (TPSA) is 55.4 Å². The molecule has 0 bridgehead atoms. The molecular formula is C24H20FNO3. The molecule has 146 valence electrons. The molecule has 1 N–H and O–H groups in total. The number of halogens is 1. The standard InChI is InChI=1S/C24H20FNO3/c25-18-9-11-19(12-10-18)26-24(28)23(16-5-2-1-3-6-16)29-20-13-14-21-17(15-20)7-4-8-22(21)27/h1-3,5-6,9-15,23H,4,7-8H2,(H,26,28). The molecular weight excluding hydrogens is 369 g/mol. The van der Waals surface area contributed by atoms with Crippen LogP contribution < -0.4 is 10.1 Å². The first-order valence-electron chi connectivity index (χ1n) is 9.54. The van der Waals surface area contributed by atoms with Crippen LogP contribution in [0.2, 0.25) is 0 Å². The number of hydrogen-bond donors (Lipinski definition) is 1. The maximum Gasteiger partial charge on any atom is 0.270 e. The van der Waals surface area contributed by atoms with E-state index in [2.05, 4.69) is 5.32 Å². The fraction of sp³-hybridized carbons (Fsp3) is 0.167. The molecule has 0 saturated carbocycles. The summed E-state index contributed by atoms with van der Waals surface area (Å²) in [5, 5.41) is 2.77. The maximum atomic E-state index is 13.1. The minimum Gasteiger partial charge on any atom is -0.476 e. The summed E-state index contributed by atoms with van der Waals surface area (Å²) in [7, 11) is 0. The van der Waals surface area contributed by atoms with E-state index in [1.807, 2.05) is 36.4 Å². The quantitative estimate of drug-likeness (QED) is 0.660. The Morgan fingerprint density at radius 3 is 2.48 bits per heavy atom. The number of benzene rings is 3. The third kappa shape index (κ3) is 4.35. The largest absolute Gasteiger partial charge is 0.476 e. The zero-order valence-corrected chi connectivity index (χ0v) is 15.7. The van der Waals surface area contributed by atoms with Gasteiger partial charge in [0.25, 0.3) is 5.91 Å². The summed E-state index contributed by atoms with van der Waals surface area (Å²) in [5.41, 5.74) is 2.86. The molecule has 1 aliphatic rings. The normalized spacial score (nSPS) is 14.0. The van der Waals surface area contributed by atoms with E-state index in [4.69, 9.17) is 4.74 Å². The van der Waals surface area contributed by atoms with E-state index in [1.165, 1.54) is 24.3 Å². The number of anilines is 1. The number of Topliss-reactive ketones (excluding diaryl/α,β-unsaturated/α-hetero) is 1. The van der Waals surface area contributed by atoms with Gasteiger partial charge in [-0.05, 0) is 60.9 Å². The number of fused-ring (bicyclic) bond motifs is 1. The first kappa shape index (κ1) is 18.9. The van der Waals surface area contributed by atoms with Crippen molar-refractivity contribution in [2.75, 3.05) is 5.32 Å². The van der Waals surface area contributed by atoms with E-state index >= 15 is 0 Å². The number of aryl methyl sites for hydroxylation is 1. The van der Waals surface area contributed by atoms with E-state index < -0.39 is 6.10 Å². The third-order valence-corrected chi connectivity index (χ3v) is 4.93. The Kier molecular flexibility index (Phi) is 5.38. The summed E-state index contributed by atoms with van der Waals surface area (Å²) < 4.78 is 19.2. The molecule has 1 aliphatic carbocycles. The van der Waals surface area contributed by atoms with Gasteiger partial charge in [0.2, 0.25) is 6.10 Å². The molecule has 1 amide bonds. The predicted molar refractivity (Wildman–Crippen MR) is 109 cm³/mol. The summed E-state index contributed by atoms with van der Waals surface area (Å²) in [5.74, 6) is -0.0629. The van der Waals surface area contributed by atoms with Gasteiger partial charge in [-0.25, -0.2) is 4.39 Å². The lowest BCUT2D eigenvalue weighted by molar-refractivity contribution is -0.123. The zero-order chi connectivity index (χ0) is 20.2. The molecule has 0 heterocycles. The number of ether oxygens (including phenoxy) is 1. The Hall–Kier alpha value is -3.47. The van der Waals surface area contributed by atoms with Crippen molar-refractivity contribution in [3.63, 3.8) is 0 Å². The number of ketones is 1. The highest BCUT2D eigenvalue weighted by Gasteiger charge is 2.24. The first-order valence-corrected chi connectivity index (χ1v) is 9.54. The van der Waals surface area contributed by atoms with Gasteiger partial charge in [-0.3, -0.25) is 9.59 Å². The molecule has 0 fully saturated rings. The monoisotopic (exact) mass is 389 g/mol. The van der Waals surface area contributed by atoms with Crippen molar-refractivity contribution in [2.45, 2.75) is 25.4 Å². The fourth-order valence-electron chi connectivity index (χ4n) is 3.47. The summed E-state index contributed by atoms with van der Waals surface area (Å²) in [6, 6.07) is 20.1. The number of rotatable bonds is 5. The van der Waals surface area contributed by atoms with Crippen molar-refractivity contribution in [1.82, 2.24) is 0 Å². The molecule has 29 heavy (non-hydrogen) atoms. The van der Waals surface area contributed by atoms with Crippen LogP contribution in [0.4, 0.5) is 10.1 Å². The lowest BCUT2D eigenvalue weighted by Crippen LogP contribution is -2.26. The van der Waals surface area contributed by atoms with Crippen molar-refractivity contribution in [3.8, 4) is 5.75 Å². The molecule has 4 rings (SSSR count). The van der Waals surface area contributed by atoms with Crippen molar-refractivity contribution in [2.24, 2.45) is 0 Å². The minimum atomic E-state index is -0.890. The van der Waals surface area contributed by atoms with Crippen LogP contribution in [0.25, 0.3) is 0 Å². The van der Waals surface area contributed by atoms with Crippen LogP contribution in [0.1, 0.15) is 40.4 Å². The lowest BCUT2D eigenvalue weighted by Gasteiger charge is -2.21. The average Bonchev–Trinajstić information content (AvgIpc) is 2.74. The van der Waals surface area contributed by atoms with Crippen molar-refractivity contribution in [1.29, 1.82) is 0 Å². The second kappa shape index (κ2) is 8.27. The zero-order valence-electron chi connectivity index (χ0n) is 15.7. The van der Waals surface area contributed by atoms with Gasteiger partial charge in [0.15, 0.2) is 5.78 Å². The molecule has 0 aromatic heterocycles. The van der Waals surface area contributed by atoms with Gasteiger partial charge in [0.05, 0.1) is 0 Å². The lowest BCUT2D eigenvalue weighted by atomic mass is 9.90. The summed E-state index contributed by atoms with van der Waals surface area (Å²) >= 11 is 0. The van der Waals surface area contributed by atoms with E-state index in [9.17, 15) is 14.0 Å². The van der Waals surface area contributed by atoms with E-state index in [1.54, 1.807) is 12.1 Å². The van der Waals surface area contributed by atoms with Gasteiger partial charge < -0.3 is 10.1 Å². The Labute approximate surface area is 168 Å². The number of nitrogens with one attached hydrogen (secondary N) is 1. The first-order chi connectivity index (χ1) is 14.1. The van der Waals surface area contributed by atoms with Gasteiger partial charge >= 0.3 is 0 Å². The molecule has 0 spiro atoms. The van der Waals surface area contributed by atoms with Gasteiger partial charge in [-0.15, -0.1) is 0 Å². The molecule has 1 unspecified atom stereocenters. The number of amides is 1. The average molecular weight is 389 g/mol. The highest BCUT2D eigenvalue weighted by molar-refractivity contribution is 5.98. The molecule has 3 aromatic rings. The summed E-state index contributed by atoms with van der Waals surface area (Å²) in [4.78, 5) is 25.0. The summed E-state index contributed by atoms with van der Waals surface area (Å²) in [6.07, 6.45) is 1.32. The molecule has 0 saturated heterocycles. The Balaban J connectivity index is 1.60. The van der Waals surface area contributed by atoms with Crippen LogP contribution in [0.5, 0.6) is 5.75 Å². The van der Waals surface area contributed by atoms with Crippen LogP contribution in [0.3, 0.4) is 0 Å².